The van der Waals surface area contributed by atoms with E-state index in [0.717, 1.165) is 15.7 Å². The number of benzene rings is 2. The van der Waals surface area contributed by atoms with Crippen molar-refractivity contribution in [3.63, 3.8) is 0 Å². The smallest absolute Gasteiger partial charge is 0.256 e. The first-order valence-corrected chi connectivity index (χ1v) is 9.51. The van der Waals surface area contributed by atoms with Crippen molar-refractivity contribution in [2.45, 2.75) is 6.42 Å². The van der Waals surface area contributed by atoms with E-state index in [0.29, 0.717) is 23.6 Å². The van der Waals surface area contributed by atoms with E-state index < -0.39 is 5.82 Å². The van der Waals surface area contributed by atoms with E-state index in [9.17, 15) is 9.18 Å². The topological polar surface area (TPSA) is 66.4 Å². The van der Waals surface area contributed by atoms with Crippen LogP contribution < -0.4 is 10.6 Å². The summed E-state index contributed by atoms with van der Waals surface area (Å²) >= 11 is 9.34. The van der Waals surface area contributed by atoms with Crippen LogP contribution in [0.5, 0.6) is 0 Å². The van der Waals surface area contributed by atoms with Gasteiger partial charge in [0.05, 0.1) is 5.02 Å². The molecule has 0 saturated heterocycles. The van der Waals surface area contributed by atoms with Crippen molar-refractivity contribution in [1.82, 2.24) is 4.98 Å². The summed E-state index contributed by atoms with van der Waals surface area (Å²) in [5.41, 5.74) is 2.31. The van der Waals surface area contributed by atoms with E-state index in [2.05, 4.69) is 36.5 Å². The molecule has 1 amide bonds. The number of aliphatic imine (C=N–C) groups is 1. The molecular weight excluding hydrogens is 447 g/mol. The summed E-state index contributed by atoms with van der Waals surface area (Å²) in [5.74, 6) is 0.275. The number of anilines is 2. The molecule has 1 aliphatic rings. The molecule has 0 atom stereocenters. The van der Waals surface area contributed by atoms with Crippen molar-refractivity contribution < 1.29 is 9.18 Å². The van der Waals surface area contributed by atoms with Crippen molar-refractivity contribution in [2.75, 3.05) is 10.6 Å². The second kappa shape index (κ2) is 7.69. The number of hydrogen-bond donors (Lipinski definition) is 2. The number of pyridine rings is 1. The SMILES string of the molecule is O=C(Nc1ccc(Br)cn1)c1ccc2c(c1)CC(=Nc1c(F)cccc1Cl)N2. The Morgan fingerprint density at radius 3 is 2.86 bits per heavy atom. The average molecular weight is 460 g/mol. The van der Waals surface area contributed by atoms with Crippen LogP contribution in [0.2, 0.25) is 5.02 Å². The van der Waals surface area contributed by atoms with Crippen molar-refractivity contribution in [2.24, 2.45) is 4.99 Å². The number of amidine groups is 1. The van der Waals surface area contributed by atoms with Crippen molar-refractivity contribution in [1.29, 1.82) is 0 Å². The molecule has 3 aromatic rings. The first-order chi connectivity index (χ1) is 13.5. The Labute approximate surface area is 173 Å². The van der Waals surface area contributed by atoms with Gasteiger partial charge in [0.2, 0.25) is 0 Å². The lowest BCUT2D eigenvalue weighted by Crippen LogP contribution is -2.13. The molecule has 1 aromatic heterocycles. The van der Waals surface area contributed by atoms with Gasteiger partial charge < -0.3 is 10.6 Å². The summed E-state index contributed by atoms with van der Waals surface area (Å²) < 4.78 is 14.8. The molecule has 0 spiro atoms. The Hall–Kier alpha value is -2.77. The van der Waals surface area contributed by atoms with E-state index in [1.807, 2.05) is 0 Å². The molecule has 28 heavy (non-hydrogen) atoms. The lowest BCUT2D eigenvalue weighted by molar-refractivity contribution is 0.102. The number of halogens is 3. The molecule has 4 rings (SSSR count). The summed E-state index contributed by atoms with van der Waals surface area (Å²) in [5, 5.41) is 6.13. The molecule has 5 nitrogen and oxygen atoms in total. The summed E-state index contributed by atoms with van der Waals surface area (Å²) in [7, 11) is 0. The van der Waals surface area contributed by atoms with Crippen LogP contribution in [0.4, 0.5) is 21.6 Å². The second-order valence-corrected chi connectivity index (χ2v) is 7.44. The largest absolute Gasteiger partial charge is 0.343 e. The molecule has 0 bridgehead atoms. The fraction of sp³-hybridized carbons (Fsp3) is 0.0500. The molecular formula is C20H13BrClFN4O. The highest BCUT2D eigenvalue weighted by molar-refractivity contribution is 9.10. The predicted octanol–water partition coefficient (Wildman–Crippen LogP) is 5.59. The van der Waals surface area contributed by atoms with Crippen LogP contribution in [0.25, 0.3) is 0 Å². The molecule has 0 saturated carbocycles. The summed E-state index contributed by atoms with van der Waals surface area (Å²) in [4.78, 5) is 20.9. The van der Waals surface area contributed by atoms with E-state index in [-0.39, 0.29) is 16.6 Å². The normalized spacial score (nSPS) is 13.9. The number of amides is 1. The molecule has 1 aliphatic heterocycles. The summed E-state index contributed by atoms with van der Waals surface area (Å²) in [6, 6.07) is 13.2. The predicted molar refractivity (Wildman–Crippen MR) is 112 cm³/mol. The quantitative estimate of drug-likeness (QED) is 0.537. The van der Waals surface area contributed by atoms with Crippen LogP contribution in [0.15, 0.2) is 64.2 Å². The van der Waals surface area contributed by atoms with Gasteiger partial charge in [-0.3, -0.25) is 4.79 Å². The van der Waals surface area contributed by atoms with E-state index in [1.165, 1.54) is 12.1 Å². The maximum Gasteiger partial charge on any atom is 0.256 e. The second-order valence-electron chi connectivity index (χ2n) is 6.12. The van der Waals surface area contributed by atoms with Gasteiger partial charge in [-0.1, -0.05) is 17.7 Å². The van der Waals surface area contributed by atoms with Crippen LogP contribution in [0.3, 0.4) is 0 Å². The zero-order valence-electron chi connectivity index (χ0n) is 14.3. The molecule has 2 aromatic carbocycles. The maximum atomic E-state index is 14.0. The third kappa shape index (κ3) is 3.90. The maximum absolute atomic E-state index is 14.0. The fourth-order valence-electron chi connectivity index (χ4n) is 2.82. The van der Waals surface area contributed by atoms with Crippen LogP contribution in [0, 0.1) is 5.82 Å². The van der Waals surface area contributed by atoms with Crippen molar-refractivity contribution >= 4 is 56.5 Å². The van der Waals surface area contributed by atoms with Gasteiger partial charge in [-0.25, -0.2) is 14.4 Å². The lowest BCUT2D eigenvalue weighted by Gasteiger charge is -2.06. The van der Waals surface area contributed by atoms with Gasteiger partial charge >= 0.3 is 0 Å². The molecule has 0 aliphatic carbocycles. The zero-order chi connectivity index (χ0) is 19.7. The molecule has 140 valence electrons. The Balaban J connectivity index is 1.53. The first kappa shape index (κ1) is 18.6. The number of fused-ring (bicyclic) bond motifs is 1. The number of nitrogens with one attached hydrogen (secondary N) is 2. The zero-order valence-corrected chi connectivity index (χ0v) is 16.7. The molecule has 8 heteroatoms. The average Bonchev–Trinajstić information content (AvgIpc) is 3.08. The number of rotatable bonds is 3. The number of carbonyl (C=O) groups is 1. The van der Waals surface area contributed by atoms with Crippen LogP contribution in [0.1, 0.15) is 15.9 Å². The van der Waals surface area contributed by atoms with Gasteiger partial charge in [-0.05, 0) is 64.0 Å². The molecule has 0 unspecified atom stereocenters. The minimum atomic E-state index is -0.486. The number of aromatic nitrogens is 1. The van der Waals surface area contributed by atoms with E-state index in [4.69, 9.17) is 11.6 Å². The standard InChI is InChI=1S/C20H13BrClFN4O/c21-13-5-7-17(24-10-13)27-20(28)11-4-6-16-12(8-11)9-18(25-16)26-19-14(22)2-1-3-15(19)23/h1-8,10H,9H2,(H,25,26)(H,24,27,28). The van der Waals surface area contributed by atoms with Crippen molar-refractivity contribution in [3.05, 3.63) is 81.2 Å². The Morgan fingerprint density at radius 2 is 2.11 bits per heavy atom. The lowest BCUT2D eigenvalue weighted by atomic mass is 10.1. The Bertz CT molecular complexity index is 1080. The number of hydrogen-bond acceptors (Lipinski definition) is 3. The molecule has 0 radical (unpaired) electrons. The summed E-state index contributed by atoms with van der Waals surface area (Å²) in [6.45, 7) is 0. The minimum absolute atomic E-state index is 0.0961. The number of nitrogens with zero attached hydrogens (tertiary/aromatic N) is 2. The van der Waals surface area contributed by atoms with Gasteiger partial charge in [0.25, 0.3) is 5.91 Å². The van der Waals surface area contributed by atoms with Gasteiger partial charge in [0.1, 0.15) is 23.2 Å². The molecule has 2 heterocycles. The monoisotopic (exact) mass is 458 g/mol. The Kier molecular flexibility index (Phi) is 5.11. The highest BCUT2D eigenvalue weighted by Crippen LogP contribution is 2.31. The first-order valence-electron chi connectivity index (χ1n) is 8.34. The molecule has 0 fully saturated rings. The summed E-state index contributed by atoms with van der Waals surface area (Å²) in [6.07, 6.45) is 2.05. The van der Waals surface area contributed by atoms with Crippen LogP contribution in [-0.4, -0.2) is 16.7 Å². The van der Waals surface area contributed by atoms with E-state index in [1.54, 1.807) is 42.6 Å². The third-order valence-corrected chi connectivity index (χ3v) is 4.93. The highest BCUT2D eigenvalue weighted by atomic mass is 79.9. The van der Waals surface area contributed by atoms with Gasteiger partial charge in [0, 0.05) is 28.3 Å². The highest BCUT2D eigenvalue weighted by Gasteiger charge is 2.19. The molecule has 2 N–H and O–H groups in total. The fourth-order valence-corrected chi connectivity index (χ4v) is 3.26. The van der Waals surface area contributed by atoms with Gasteiger partial charge in [-0.15, -0.1) is 0 Å². The van der Waals surface area contributed by atoms with Gasteiger partial charge in [0.15, 0.2) is 0 Å². The Morgan fingerprint density at radius 1 is 1.25 bits per heavy atom. The van der Waals surface area contributed by atoms with E-state index >= 15 is 0 Å². The van der Waals surface area contributed by atoms with Crippen LogP contribution in [-0.2, 0) is 6.42 Å². The number of carbonyl (C=O) groups excluding carboxylic acids is 1. The van der Waals surface area contributed by atoms with Crippen molar-refractivity contribution in [3.8, 4) is 0 Å². The third-order valence-electron chi connectivity index (χ3n) is 4.16. The number of para-hydroxylation sites is 1. The minimum Gasteiger partial charge on any atom is -0.343 e. The van der Waals surface area contributed by atoms with Crippen LogP contribution >= 0.6 is 27.5 Å². The van der Waals surface area contributed by atoms with Gasteiger partial charge in [-0.2, -0.15) is 0 Å².